The van der Waals surface area contributed by atoms with Crippen molar-refractivity contribution in [2.45, 2.75) is 31.8 Å². The lowest BCUT2D eigenvalue weighted by Crippen LogP contribution is -2.38. The van der Waals surface area contributed by atoms with E-state index in [1.54, 1.807) is 28.4 Å². The summed E-state index contributed by atoms with van der Waals surface area (Å²) in [4.78, 5) is 19.3. The number of carbonyl (C=O) groups excluding carboxylic acids is 1. The lowest BCUT2D eigenvalue weighted by Gasteiger charge is -2.33. The second-order valence-corrected chi connectivity index (χ2v) is 7.67. The third kappa shape index (κ3) is 3.64. The molecule has 3 heterocycles. The summed E-state index contributed by atoms with van der Waals surface area (Å²) in [6.07, 6.45) is 6.55. The minimum Gasteiger partial charge on any atom is -0.328 e. The van der Waals surface area contributed by atoms with E-state index in [9.17, 15) is 4.79 Å². The number of aromatic nitrogens is 4. The standard InChI is InChI=1S/C18H18ClN5OS/c19-14-5-3-4-13(10-14)11-23-12-15(21-22-23)18(25)24-8-2-1-6-16(24)17-20-7-9-26-17/h3-5,7,9-10,12,16H,1-2,6,8,11H2. The number of halogens is 1. The Morgan fingerprint density at radius 1 is 1.35 bits per heavy atom. The average Bonchev–Trinajstić information content (AvgIpc) is 3.33. The molecule has 1 aliphatic heterocycles. The van der Waals surface area contributed by atoms with Crippen molar-refractivity contribution in [3.63, 3.8) is 0 Å². The summed E-state index contributed by atoms with van der Waals surface area (Å²) >= 11 is 7.62. The molecule has 1 amide bonds. The van der Waals surface area contributed by atoms with E-state index >= 15 is 0 Å². The first-order chi connectivity index (χ1) is 12.7. The monoisotopic (exact) mass is 387 g/mol. The highest BCUT2D eigenvalue weighted by Gasteiger charge is 2.31. The molecule has 1 unspecified atom stereocenters. The van der Waals surface area contributed by atoms with E-state index in [0.29, 0.717) is 17.3 Å². The Kier molecular flexibility index (Phi) is 4.99. The first-order valence-corrected chi connectivity index (χ1v) is 9.81. The summed E-state index contributed by atoms with van der Waals surface area (Å²) in [5.41, 5.74) is 1.38. The number of hydrogen-bond donors (Lipinski definition) is 0. The molecule has 1 aliphatic rings. The Bertz CT molecular complexity index is 895. The Labute approximate surface area is 160 Å². The molecule has 0 spiro atoms. The Hall–Kier alpha value is -2.25. The van der Waals surface area contributed by atoms with Crippen LogP contribution in [0.4, 0.5) is 0 Å². The summed E-state index contributed by atoms with van der Waals surface area (Å²) in [6, 6.07) is 7.62. The van der Waals surface area contributed by atoms with Crippen LogP contribution < -0.4 is 0 Å². The predicted octanol–water partition coefficient (Wildman–Crippen LogP) is 3.80. The summed E-state index contributed by atoms with van der Waals surface area (Å²) < 4.78 is 1.67. The van der Waals surface area contributed by atoms with Crippen LogP contribution in [0.2, 0.25) is 5.02 Å². The molecular formula is C18H18ClN5OS. The fourth-order valence-electron chi connectivity index (χ4n) is 3.27. The second-order valence-electron chi connectivity index (χ2n) is 6.31. The van der Waals surface area contributed by atoms with Gasteiger partial charge in [0.1, 0.15) is 5.01 Å². The number of likely N-dealkylation sites (tertiary alicyclic amines) is 1. The molecule has 8 heteroatoms. The molecule has 0 radical (unpaired) electrons. The van der Waals surface area contributed by atoms with Crippen LogP contribution in [0.1, 0.15) is 46.4 Å². The van der Waals surface area contributed by atoms with E-state index in [-0.39, 0.29) is 11.9 Å². The summed E-state index contributed by atoms with van der Waals surface area (Å²) in [5.74, 6) is -0.0813. The molecule has 1 saturated heterocycles. The number of nitrogens with zero attached hydrogens (tertiary/aromatic N) is 5. The van der Waals surface area contributed by atoms with Gasteiger partial charge in [-0.15, -0.1) is 16.4 Å². The molecular weight excluding hydrogens is 370 g/mol. The number of rotatable bonds is 4. The van der Waals surface area contributed by atoms with Gasteiger partial charge in [-0.1, -0.05) is 28.9 Å². The van der Waals surface area contributed by atoms with Gasteiger partial charge in [-0.2, -0.15) is 0 Å². The van der Waals surface area contributed by atoms with Gasteiger partial charge in [0.15, 0.2) is 5.69 Å². The molecule has 26 heavy (non-hydrogen) atoms. The van der Waals surface area contributed by atoms with Gasteiger partial charge in [-0.25, -0.2) is 9.67 Å². The van der Waals surface area contributed by atoms with E-state index in [1.165, 1.54) is 0 Å². The van der Waals surface area contributed by atoms with E-state index in [2.05, 4.69) is 15.3 Å². The maximum atomic E-state index is 13.0. The number of benzene rings is 1. The zero-order valence-corrected chi connectivity index (χ0v) is 15.7. The van der Waals surface area contributed by atoms with E-state index < -0.39 is 0 Å². The second kappa shape index (κ2) is 7.55. The Morgan fingerprint density at radius 2 is 2.27 bits per heavy atom. The van der Waals surface area contributed by atoms with Gasteiger partial charge < -0.3 is 4.90 Å². The number of hydrogen-bond acceptors (Lipinski definition) is 5. The maximum Gasteiger partial charge on any atom is 0.276 e. The smallest absolute Gasteiger partial charge is 0.276 e. The minimum absolute atomic E-state index is 0.0364. The fourth-order valence-corrected chi connectivity index (χ4v) is 4.27. The van der Waals surface area contributed by atoms with Crippen molar-refractivity contribution < 1.29 is 4.79 Å². The molecule has 4 rings (SSSR count). The molecule has 134 valence electrons. The SMILES string of the molecule is O=C(c1cn(Cc2cccc(Cl)c2)nn1)N1CCCCC1c1nccs1. The Morgan fingerprint density at radius 3 is 3.08 bits per heavy atom. The van der Waals surface area contributed by atoms with Crippen molar-refractivity contribution >= 4 is 28.8 Å². The molecule has 6 nitrogen and oxygen atoms in total. The first kappa shape index (κ1) is 17.2. The molecule has 1 fully saturated rings. The zero-order valence-electron chi connectivity index (χ0n) is 14.1. The van der Waals surface area contributed by atoms with Crippen molar-refractivity contribution in [1.29, 1.82) is 0 Å². The molecule has 1 atom stereocenters. The Balaban J connectivity index is 1.52. The van der Waals surface area contributed by atoms with Crippen LogP contribution in [0.15, 0.2) is 42.0 Å². The van der Waals surface area contributed by atoms with Gasteiger partial charge in [0, 0.05) is 23.1 Å². The van der Waals surface area contributed by atoms with Crippen LogP contribution >= 0.6 is 22.9 Å². The van der Waals surface area contributed by atoms with Gasteiger partial charge >= 0.3 is 0 Å². The van der Waals surface area contributed by atoms with Crippen LogP contribution in [0.3, 0.4) is 0 Å². The lowest BCUT2D eigenvalue weighted by atomic mass is 10.0. The quantitative estimate of drug-likeness (QED) is 0.683. The number of carbonyl (C=O) groups is 1. The zero-order chi connectivity index (χ0) is 17.9. The summed E-state index contributed by atoms with van der Waals surface area (Å²) in [5, 5.41) is 11.8. The van der Waals surface area contributed by atoms with Gasteiger partial charge in [0.25, 0.3) is 5.91 Å². The topological polar surface area (TPSA) is 63.9 Å². The van der Waals surface area contributed by atoms with Crippen LogP contribution in [-0.2, 0) is 6.54 Å². The van der Waals surface area contributed by atoms with Crippen molar-refractivity contribution in [3.05, 3.63) is 63.3 Å². The van der Waals surface area contributed by atoms with Crippen LogP contribution in [0.5, 0.6) is 0 Å². The molecule has 1 aromatic carbocycles. The van der Waals surface area contributed by atoms with E-state index in [0.717, 1.165) is 36.4 Å². The van der Waals surface area contributed by atoms with Crippen LogP contribution in [0.25, 0.3) is 0 Å². The molecule has 0 aliphatic carbocycles. The lowest BCUT2D eigenvalue weighted by molar-refractivity contribution is 0.0605. The molecule has 2 aromatic heterocycles. The maximum absolute atomic E-state index is 13.0. The number of thiazole rings is 1. The van der Waals surface area contributed by atoms with Crippen LogP contribution in [0, 0.1) is 0 Å². The molecule has 3 aromatic rings. The normalized spacial score (nSPS) is 17.4. The van der Waals surface area contributed by atoms with Gasteiger partial charge in [0.2, 0.25) is 0 Å². The predicted molar refractivity (Wildman–Crippen MR) is 100 cm³/mol. The number of amides is 1. The highest BCUT2D eigenvalue weighted by molar-refractivity contribution is 7.09. The van der Waals surface area contributed by atoms with Gasteiger partial charge in [0.05, 0.1) is 18.8 Å². The third-order valence-electron chi connectivity index (χ3n) is 4.49. The molecule has 0 bridgehead atoms. The highest BCUT2D eigenvalue weighted by atomic mass is 35.5. The van der Waals surface area contributed by atoms with E-state index in [4.69, 9.17) is 11.6 Å². The number of piperidine rings is 1. The fraction of sp³-hybridized carbons (Fsp3) is 0.333. The van der Waals surface area contributed by atoms with Gasteiger partial charge in [-0.05, 0) is 37.0 Å². The van der Waals surface area contributed by atoms with Crippen molar-refractivity contribution in [1.82, 2.24) is 24.9 Å². The highest BCUT2D eigenvalue weighted by Crippen LogP contribution is 2.32. The summed E-state index contributed by atoms with van der Waals surface area (Å²) in [7, 11) is 0. The average molecular weight is 388 g/mol. The van der Waals surface area contributed by atoms with Gasteiger partial charge in [-0.3, -0.25) is 4.79 Å². The third-order valence-corrected chi connectivity index (χ3v) is 5.60. The van der Waals surface area contributed by atoms with Crippen LogP contribution in [-0.4, -0.2) is 37.3 Å². The largest absolute Gasteiger partial charge is 0.328 e. The van der Waals surface area contributed by atoms with Crippen molar-refractivity contribution in [3.8, 4) is 0 Å². The minimum atomic E-state index is -0.0813. The van der Waals surface area contributed by atoms with Crippen molar-refractivity contribution in [2.24, 2.45) is 0 Å². The van der Waals surface area contributed by atoms with E-state index in [1.807, 2.05) is 34.5 Å². The first-order valence-electron chi connectivity index (χ1n) is 8.55. The molecule has 0 saturated carbocycles. The summed E-state index contributed by atoms with van der Waals surface area (Å²) in [6.45, 7) is 1.25. The molecule has 0 N–H and O–H groups in total. The van der Waals surface area contributed by atoms with Crippen molar-refractivity contribution in [2.75, 3.05) is 6.54 Å².